The molecule has 0 aliphatic heterocycles. The molecular formula is C15H12N2O. The number of benzene rings is 2. The highest BCUT2D eigenvalue weighted by molar-refractivity contribution is 6.12. The van der Waals surface area contributed by atoms with Crippen molar-refractivity contribution in [2.75, 3.05) is 0 Å². The SMILES string of the molecule is CC(=O)c1cccc2c1nnc1c(C)cccc12. The fourth-order valence-electron chi connectivity index (χ4n) is 2.26. The lowest BCUT2D eigenvalue weighted by atomic mass is 10.0. The molecule has 0 spiro atoms. The Morgan fingerprint density at radius 1 is 0.944 bits per heavy atom. The van der Waals surface area contributed by atoms with Crippen molar-refractivity contribution in [2.45, 2.75) is 13.8 Å². The quantitative estimate of drug-likeness (QED) is 0.481. The molecule has 3 nitrogen and oxygen atoms in total. The van der Waals surface area contributed by atoms with E-state index in [9.17, 15) is 4.79 Å². The standard InChI is InChI=1S/C15H12N2O/c1-9-5-3-7-12-13-8-4-6-11(10(2)18)15(13)17-16-14(9)12/h3-8H,1-2H3. The molecule has 0 fully saturated rings. The van der Waals surface area contributed by atoms with Crippen LogP contribution >= 0.6 is 0 Å². The number of fused-ring (bicyclic) bond motifs is 3. The monoisotopic (exact) mass is 236 g/mol. The maximum absolute atomic E-state index is 11.6. The summed E-state index contributed by atoms with van der Waals surface area (Å²) in [4.78, 5) is 11.6. The second-order valence-corrected chi connectivity index (χ2v) is 4.43. The van der Waals surface area contributed by atoms with Gasteiger partial charge in [-0.15, -0.1) is 10.2 Å². The summed E-state index contributed by atoms with van der Waals surface area (Å²) in [6.45, 7) is 3.56. The zero-order valence-corrected chi connectivity index (χ0v) is 10.3. The van der Waals surface area contributed by atoms with Crippen LogP contribution in [0.15, 0.2) is 36.4 Å². The average Bonchev–Trinajstić information content (AvgIpc) is 2.38. The molecular weight excluding hydrogens is 224 g/mol. The number of carbonyl (C=O) groups is 1. The molecule has 1 heterocycles. The lowest BCUT2D eigenvalue weighted by Crippen LogP contribution is -1.98. The Labute approximate surface area is 104 Å². The van der Waals surface area contributed by atoms with Crippen molar-refractivity contribution in [3.63, 3.8) is 0 Å². The molecule has 1 aromatic heterocycles. The predicted octanol–water partition coefficient (Wildman–Crippen LogP) is 3.29. The number of nitrogens with zero attached hydrogens (tertiary/aromatic N) is 2. The lowest BCUT2D eigenvalue weighted by Gasteiger charge is -2.06. The first-order chi connectivity index (χ1) is 8.68. The largest absolute Gasteiger partial charge is 0.294 e. The van der Waals surface area contributed by atoms with Gasteiger partial charge in [-0.3, -0.25) is 4.79 Å². The summed E-state index contributed by atoms with van der Waals surface area (Å²) < 4.78 is 0. The van der Waals surface area contributed by atoms with Crippen LogP contribution < -0.4 is 0 Å². The molecule has 3 aromatic rings. The van der Waals surface area contributed by atoms with Crippen LogP contribution in [0.2, 0.25) is 0 Å². The van der Waals surface area contributed by atoms with E-state index in [2.05, 4.69) is 10.2 Å². The maximum Gasteiger partial charge on any atom is 0.162 e. The number of Topliss-reactive ketones (excluding diaryl/α,β-unsaturated/α-hetero) is 1. The number of hydrogen-bond acceptors (Lipinski definition) is 3. The van der Waals surface area contributed by atoms with Gasteiger partial charge in [-0.2, -0.15) is 0 Å². The first-order valence-corrected chi connectivity index (χ1v) is 5.84. The second-order valence-electron chi connectivity index (χ2n) is 4.43. The van der Waals surface area contributed by atoms with E-state index in [4.69, 9.17) is 0 Å². The topological polar surface area (TPSA) is 42.9 Å². The van der Waals surface area contributed by atoms with E-state index in [1.807, 2.05) is 37.3 Å². The highest BCUT2D eigenvalue weighted by Gasteiger charge is 2.10. The summed E-state index contributed by atoms with van der Waals surface area (Å²) in [7, 11) is 0. The molecule has 0 aliphatic rings. The van der Waals surface area contributed by atoms with Crippen LogP contribution in [0.1, 0.15) is 22.8 Å². The van der Waals surface area contributed by atoms with Crippen molar-refractivity contribution in [3.8, 4) is 0 Å². The van der Waals surface area contributed by atoms with Crippen LogP contribution in [0.4, 0.5) is 0 Å². The fourth-order valence-corrected chi connectivity index (χ4v) is 2.26. The highest BCUT2D eigenvalue weighted by Crippen LogP contribution is 2.25. The number of rotatable bonds is 1. The Morgan fingerprint density at radius 3 is 2.28 bits per heavy atom. The highest BCUT2D eigenvalue weighted by atomic mass is 16.1. The molecule has 0 unspecified atom stereocenters. The molecule has 0 N–H and O–H groups in total. The van der Waals surface area contributed by atoms with E-state index in [1.54, 1.807) is 13.0 Å². The zero-order chi connectivity index (χ0) is 12.7. The number of ketones is 1. The van der Waals surface area contributed by atoms with Crippen molar-refractivity contribution in [1.82, 2.24) is 10.2 Å². The fraction of sp³-hybridized carbons (Fsp3) is 0.133. The summed E-state index contributed by atoms with van der Waals surface area (Å²) in [5.41, 5.74) is 3.30. The van der Waals surface area contributed by atoms with Gasteiger partial charge in [-0.05, 0) is 25.5 Å². The predicted molar refractivity (Wildman–Crippen MR) is 71.8 cm³/mol. The van der Waals surface area contributed by atoms with E-state index in [0.29, 0.717) is 11.1 Å². The molecule has 2 aromatic carbocycles. The Bertz CT molecular complexity index is 778. The third-order valence-corrected chi connectivity index (χ3v) is 3.19. The Kier molecular flexibility index (Phi) is 2.33. The Morgan fingerprint density at radius 2 is 1.56 bits per heavy atom. The third-order valence-electron chi connectivity index (χ3n) is 3.19. The van der Waals surface area contributed by atoms with Crippen LogP contribution in [-0.4, -0.2) is 16.0 Å². The van der Waals surface area contributed by atoms with Gasteiger partial charge in [0.1, 0.15) is 5.52 Å². The van der Waals surface area contributed by atoms with Gasteiger partial charge in [-0.1, -0.05) is 30.3 Å². The van der Waals surface area contributed by atoms with Crippen LogP contribution in [0.5, 0.6) is 0 Å². The minimum Gasteiger partial charge on any atom is -0.294 e. The number of hydrogen-bond donors (Lipinski definition) is 0. The normalized spacial score (nSPS) is 11.0. The summed E-state index contributed by atoms with van der Waals surface area (Å²) in [6, 6.07) is 11.7. The minimum absolute atomic E-state index is 0.0157. The third kappa shape index (κ3) is 1.48. The van der Waals surface area contributed by atoms with Crippen LogP contribution in [-0.2, 0) is 0 Å². The molecule has 88 valence electrons. The van der Waals surface area contributed by atoms with Gasteiger partial charge in [0.2, 0.25) is 0 Å². The molecule has 0 aliphatic carbocycles. The maximum atomic E-state index is 11.6. The van der Waals surface area contributed by atoms with Gasteiger partial charge in [0.25, 0.3) is 0 Å². The molecule has 0 radical (unpaired) electrons. The number of carbonyl (C=O) groups excluding carboxylic acids is 1. The van der Waals surface area contributed by atoms with E-state index in [1.165, 1.54) is 0 Å². The smallest absolute Gasteiger partial charge is 0.162 e. The van der Waals surface area contributed by atoms with Crippen LogP contribution in [0.3, 0.4) is 0 Å². The molecule has 0 atom stereocenters. The molecule has 3 rings (SSSR count). The van der Waals surface area contributed by atoms with Crippen molar-refractivity contribution in [3.05, 3.63) is 47.5 Å². The summed E-state index contributed by atoms with van der Waals surface area (Å²) >= 11 is 0. The minimum atomic E-state index is 0.0157. The summed E-state index contributed by atoms with van der Waals surface area (Å²) in [6.07, 6.45) is 0. The Balaban J connectivity index is 2.53. The summed E-state index contributed by atoms with van der Waals surface area (Å²) in [5, 5.41) is 10.5. The van der Waals surface area contributed by atoms with E-state index in [0.717, 1.165) is 21.9 Å². The molecule has 0 saturated carbocycles. The first kappa shape index (κ1) is 10.8. The van der Waals surface area contributed by atoms with E-state index < -0.39 is 0 Å². The van der Waals surface area contributed by atoms with Gasteiger partial charge in [-0.25, -0.2) is 0 Å². The van der Waals surface area contributed by atoms with Crippen LogP contribution in [0, 0.1) is 6.92 Å². The zero-order valence-electron chi connectivity index (χ0n) is 10.3. The van der Waals surface area contributed by atoms with Gasteiger partial charge in [0, 0.05) is 16.3 Å². The Hall–Kier alpha value is -2.29. The molecule has 0 saturated heterocycles. The van der Waals surface area contributed by atoms with Crippen molar-refractivity contribution in [2.24, 2.45) is 0 Å². The van der Waals surface area contributed by atoms with Gasteiger partial charge >= 0.3 is 0 Å². The lowest BCUT2D eigenvalue weighted by molar-refractivity contribution is 0.101. The average molecular weight is 236 g/mol. The van der Waals surface area contributed by atoms with Crippen molar-refractivity contribution in [1.29, 1.82) is 0 Å². The van der Waals surface area contributed by atoms with Crippen molar-refractivity contribution >= 4 is 27.6 Å². The van der Waals surface area contributed by atoms with Crippen LogP contribution in [0.25, 0.3) is 21.8 Å². The molecule has 3 heteroatoms. The van der Waals surface area contributed by atoms with E-state index in [-0.39, 0.29) is 5.78 Å². The summed E-state index contributed by atoms with van der Waals surface area (Å²) in [5.74, 6) is 0.0157. The number of aryl methyl sites for hydroxylation is 1. The number of aromatic nitrogens is 2. The van der Waals surface area contributed by atoms with Crippen molar-refractivity contribution < 1.29 is 4.79 Å². The van der Waals surface area contributed by atoms with Gasteiger partial charge in [0.15, 0.2) is 5.78 Å². The molecule has 0 bridgehead atoms. The van der Waals surface area contributed by atoms with Gasteiger partial charge < -0.3 is 0 Å². The molecule has 18 heavy (non-hydrogen) atoms. The van der Waals surface area contributed by atoms with E-state index >= 15 is 0 Å². The first-order valence-electron chi connectivity index (χ1n) is 5.84. The second kappa shape index (κ2) is 3.88. The van der Waals surface area contributed by atoms with Gasteiger partial charge in [0.05, 0.1) is 5.52 Å². The molecule has 0 amide bonds.